The van der Waals surface area contributed by atoms with Gasteiger partial charge >= 0.3 is 0 Å². The number of unbranched alkanes of at least 4 members (excludes halogenated alkanes) is 1. The molecule has 0 aromatic heterocycles. The molecule has 0 saturated heterocycles. The minimum absolute atomic E-state index is 0.0519. The van der Waals surface area contributed by atoms with E-state index >= 15 is 0 Å². The second kappa shape index (κ2) is 9.78. The minimum Gasteiger partial charge on any atom is -0.369 e. The molecule has 0 aliphatic heterocycles. The van der Waals surface area contributed by atoms with E-state index in [0.29, 0.717) is 5.56 Å². The van der Waals surface area contributed by atoms with E-state index in [-0.39, 0.29) is 17.0 Å². The van der Waals surface area contributed by atoms with Crippen LogP contribution in [0, 0.1) is 5.82 Å². The number of hydrogen-bond donors (Lipinski definition) is 3. The molecule has 0 radical (unpaired) electrons. The third-order valence-electron chi connectivity index (χ3n) is 3.97. The number of hydrogen-bond acceptors (Lipinski definition) is 3. The van der Waals surface area contributed by atoms with Crippen molar-refractivity contribution in [3.63, 3.8) is 0 Å². The van der Waals surface area contributed by atoms with Gasteiger partial charge in [-0.15, -0.1) is 0 Å². The van der Waals surface area contributed by atoms with Crippen molar-refractivity contribution in [1.82, 2.24) is 10.9 Å². The molecule has 0 aliphatic carbocycles. The Morgan fingerprint density at radius 3 is 2.33 bits per heavy atom. The maximum Gasteiger partial charge on any atom is 0.272 e. The van der Waals surface area contributed by atoms with Crippen molar-refractivity contribution in [2.45, 2.75) is 32.6 Å². The topological polar surface area (TPSA) is 84.2 Å². The van der Waals surface area contributed by atoms with Crippen LogP contribution >= 0.6 is 12.2 Å². The van der Waals surface area contributed by atoms with E-state index in [1.165, 1.54) is 17.7 Å². The molecule has 7 heteroatoms. The third-order valence-corrected chi connectivity index (χ3v) is 4.22. The Labute approximate surface area is 163 Å². The highest BCUT2D eigenvalue weighted by Crippen LogP contribution is 2.23. The predicted molar refractivity (Wildman–Crippen MR) is 107 cm³/mol. The van der Waals surface area contributed by atoms with Crippen LogP contribution in [0.2, 0.25) is 0 Å². The molecule has 0 unspecified atom stereocenters. The van der Waals surface area contributed by atoms with E-state index in [9.17, 15) is 14.0 Å². The largest absolute Gasteiger partial charge is 0.369 e. The highest BCUT2D eigenvalue weighted by molar-refractivity contribution is 7.80. The Bertz CT molecular complexity index is 838. The molecule has 0 bridgehead atoms. The van der Waals surface area contributed by atoms with Gasteiger partial charge in [-0.1, -0.05) is 55.9 Å². The summed E-state index contributed by atoms with van der Waals surface area (Å²) >= 11 is 4.83. The zero-order valence-electron chi connectivity index (χ0n) is 15.0. The van der Waals surface area contributed by atoms with E-state index in [0.717, 1.165) is 24.8 Å². The van der Waals surface area contributed by atoms with Gasteiger partial charge in [0, 0.05) is 0 Å². The number of amides is 2. The van der Waals surface area contributed by atoms with E-state index in [1.807, 2.05) is 24.3 Å². The molecular weight excluding hydrogens is 365 g/mol. The third kappa shape index (κ3) is 6.14. The molecule has 0 spiro atoms. The molecule has 0 fully saturated rings. The fraction of sp³-hybridized carbons (Fsp3) is 0.250. The highest BCUT2D eigenvalue weighted by Gasteiger charge is 2.13. The number of aryl methyl sites for hydroxylation is 1. The maximum atomic E-state index is 14.4. The van der Waals surface area contributed by atoms with Crippen LogP contribution in [0.1, 0.15) is 42.1 Å². The number of carbonyl (C=O) groups is 2. The van der Waals surface area contributed by atoms with Gasteiger partial charge in [-0.2, -0.15) is 0 Å². The number of nitrogens with two attached hydrogens (primary N) is 1. The van der Waals surface area contributed by atoms with E-state index in [2.05, 4.69) is 17.8 Å². The van der Waals surface area contributed by atoms with Crippen LogP contribution in [-0.4, -0.2) is 16.8 Å². The Morgan fingerprint density at radius 1 is 1.07 bits per heavy atom. The summed E-state index contributed by atoms with van der Waals surface area (Å²) in [6, 6.07) is 12.4. The number of nitrogens with one attached hydrogen (secondary N) is 2. The van der Waals surface area contributed by atoms with Crippen LogP contribution in [0.25, 0.3) is 11.1 Å². The van der Waals surface area contributed by atoms with Gasteiger partial charge in [-0.3, -0.25) is 20.4 Å². The van der Waals surface area contributed by atoms with Gasteiger partial charge in [0.05, 0.1) is 12.0 Å². The Balaban J connectivity index is 2.05. The van der Waals surface area contributed by atoms with Gasteiger partial charge in [0.15, 0.2) is 0 Å². The summed E-state index contributed by atoms with van der Waals surface area (Å²) in [7, 11) is 0. The van der Waals surface area contributed by atoms with Gasteiger partial charge in [-0.25, -0.2) is 4.39 Å². The molecule has 0 aliphatic rings. The number of primary amides is 1. The minimum atomic E-state index is -0.694. The summed E-state index contributed by atoms with van der Waals surface area (Å²) in [4.78, 5) is 22.9. The summed E-state index contributed by atoms with van der Waals surface area (Å²) in [5.41, 5.74) is 12.3. The van der Waals surface area contributed by atoms with Gasteiger partial charge in [0.2, 0.25) is 5.91 Å². The molecule has 0 heterocycles. The van der Waals surface area contributed by atoms with Crippen LogP contribution in [0.4, 0.5) is 4.39 Å². The normalized spacial score (nSPS) is 10.3. The Hall–Kier alpha value is -2.80. The number of benzene rings is 2. The summed E-state index contributed by atoms with van der Waals surface area (Å²) in [6.07, 6.45) is 3.09. The standard InChI is InChI=1S/C20H22FN3O2S/c1-2-3-4-13-5-7-14(8-6-13)15-9-10-16(17(21)11-15)20(26)24-23-19(27)12-18(22)25/h5-11H,2-4,12H2,1H3,(H2,22,25)(H,23,27)(H,24,26). The number of rotatable bonds is 7. The van der Waals surface area contributed by atoms with Gasteiger partial charge in [0.25, 0.3) is 5.91 Å². The molecule has 27 heavy (non-hydrogen) atoms. The quantitative estimate of drug-likeness (QED) is 0.503. The van der Waals surface area contributed by atoms with Crippen LogP contribution in [0.5, 0.6) is 0 Å². The van der Waals surface area contributed by atoms with Gasteiger partial charge in [-0.05, 0) is 41.7 Å². The lowest BCUT2D eigenvalue weighted by Gasteiger charge is -2.10. The molecule has 0 saturated carbocycles. The molecule has 0 atom stereocenters. The van der Waals surface area contributed by atoms with Crippen molar-refractivity contribution in [1.29, 1.82) is 0 Å². The van der Waals surface area contributed by atoms with Crippen molar-refractivity contribution < 1.29 is 14.0 Å². The first kappa shape index (κ1) is 20.5. The first-order valence-corrected chi connectivity index (χ1v) is 9.08. The summed E-state index contributed by atoms with van der Waals surface area (Å²) in [5.74, 6) is -1.97. The molecule has 4 N–H and O–H groups in total. The SMILES string of the molecule is CCCCc1ccc(-c2ccc(C(=O)NNC(=S)CC(N)=O)c(F)c2)cc1. The number of carbonyl (C=O) groups excluding carboxylic acids is 2. The first-order valence-electron chi connectivity index (χ1n) is 8.67. The summed E-state index contributed by atoms with van der Waals surface area (Å²) < 4.78 is 14.4. The summed E-state index contributed by atoms with van der Waals surface area (Å²) in [6.45, 7) is 2.15. The molecule has 5 nitrogen and oxygen atoms in total. The highest BCUT2D eigenvalue weighted by atomic mass is 32.1. The molecule has 2 amide bonds. The van der Waals surface area contributed by atoms with Crippen molar-refractivity contribution in [2.24, 2.45) is 5.73 Å². The van der Waals surface area contributed by atoms with Crippen molar-refractivity contribution in [2.75, 3.05) is 0 Å². The lowest BCUT2D eigenvalue weighted by atomic mass is 10.0. The lowest BCUT2D eigenvalue weighted by Crippen LogP contribution is -2.42. The maximum absolute atomic E-state index is 14.4. The molecular formula is C20H22FN3O2S. The fourth-order valence-corrected chi connectivity index (χ4v) is 2.71. The second-order valence-electron chi connectivity index (χ2n) is 6.14. The Morgan fingerprint density at radius 2 is 1.74 bits per heavy atom. The second-order valence-corrected chi connectivity index (χ2v) is 6.63. The number of halogens is 1. The van der Waals surface area contributed by atoms with Crippen LogP contribution in [0.15, 0.2) is 42.5 Å². The lowest BCUT2D eigenvalue weighted by molar-refractivity contribution is -0.116. The number of hydrazine groups is 1. The van der Waals surface area contributed by atoms with E-state index in [4.69, 9.17) is 18.0 Å². The van der Waals surface area contributed by atoms with Gasteiger partial charge in [0.1, 0.15) is 10.8 Å². The zero-order chi connectivity index (χ0) is 19.8. The van der Waals surface area contributed by atoms with Crippen molar-refractivity contribution in [3.05, 3.63) is 59.4 Å². The molecule has 2 aromatic carbocycles. The van der Waals surface area contributed by atoms with Crippen LogP contribution in [-0.2, 0) is 11.2 Å². The van der Waals surface area contributed by atoms with Crippen LogP contribution in [0.3, 0.4) is 0 Å². The van der Waals surface area contributed by atoms with E-state index < -0.39 is 17.6 Å². The molecule has 142 valence electrons. The monoisotopic (exact) mass is 387 g/mol. The summed E-state index contributed by atoms with van der Waals surface area (Å²) in [5, 5.41) is 0. The number of thiocarbonyl (C=S) groups is 1. The van der Waals surface area contributed by atoms with Crippen LogP contribution < -0.4 is 16.6 Å². The predicted octanol–water partition coefficient (Wildman–Crippen LogP) is 3.27. The zero-order valence-corrected chi connectivity index (χ0v) is 15.9. The molecule has 2 aromatic rings. The molecule has 2 rings (SSSR count). The van der Waals surface area contributed by atoms with Crippen molar-refractivity contribution in [3.8, 4) is 11.1 Å². The first-order chi connectivity index (χ1) is 12.9. The van der Waals surface area contributed by atoms with E-state index in [1.54, 1.807) is 6.07 Å². The van der Waals surface area contributed by atoms with Gasteiger partial charge < -0.3 is 5.73 Å². The fourth-order valence-electron chi connectivity index (χ4n) is 2.52. The van der Waals surface area contributed by atoms with Crippen molar-refractivity contribution >= 4 is 29.0 Å². The average Bonchev–Trinajstić information content (AvgIpc) is 2.64. The average molecular weight is 387 g/mol. The Kier molecular flexibility index (Phi) is 7.43. The smallest absolute Gasteiger partial charge is 0.272 e.